The first kappa shape index (κ1) is 28.5. The summed E-state index contributed by atoms with van der Waals surface area (Å²) in [5.41, 5.74) is 3.01. The fraction of sp³-hybridized carbons (Fsp3) is 0.429. The highest BCUT2D eigenvalue weighted by molar-refractivity contribution is 14.1. The Hall–Kier alpha value is -0.740. The third-order valence-electron chi connectivity index (χ3n) is 4.91. The Morgan fingerprint density at radius 2 is 1.45 bits per heavy atom. The van der Waals surface area contributed by atoms with Gasteiger partial charge in [0.1, 0.15) is 0 Å². The highest BCUT2D eigenvalue weighted by Gasteiger charge is 2.29. The van der Waals surface area contributed by atoms with Crippen LogP contribution in [0.25, 0.3) is 0 Å². The van der Waals surface area contributed by atoms with Crippen molar-refractivity contribution in [3.8, 4) is 0 Å². The molecule has 1 saturated heterocycles. The topological polar surface area (TPSA) is 115 Å². The zero-order valence-corrected chi connectivity index (χ0v) is 23.3. The van der Waals surface area contributed by atoms with E-state index in [-0.39, 0.29) is 0 Å². The van der Waals surface area contributed by atoms with Gasteiger partial charge in [0.05, 0.1) is 12.5 Å². The summed E-state index contributed by atoms with van der Waals surface area (Å²) in [6.07, 6.45) is 2.56. The predicted octanol–water partition coefficient (Wildman–Crippen LogP) is 3.30. The number of nitrogens with zero attached hydrogens (tertiary/aromatic N) is 2. The summed E-state index contributed by atoms with van der Waals surface area (Å²) in [7, 11) is -5.11. The lowest BCUT2D eigenvalue weighted by atomic mass is 9.97. The number of piperazine rings is 1. The molecule has 0 saturated carbocycles. The fourth-order valence-corrected chi connectivity index (χ4v) is 5.22. The SMILES string of the molecule is CN1CCN(C2Cc3cc(I)ccc3Sc3ccccc32)CC1.CS(=O)(=O)O.CS(=O)(=O)O. The van der Waals surface area contributed by atoms with Gasteiger partial charge < -0.3 is 4.90 Å². The van der Waals surface area contributed by atoms with Crippen molar-refractivity contribution in [1.82, 2.24) is 9.80 Å². The molecule has 2 aliphatic rings. The van der Waals surface area contributed by atoms with Crippen LogP contribution in [0.15, 0.2) is 52.3 Å². The van der Waals surface area contributed by atoms with E-state index in [2.05, 4.69) is 81.9 Å². The van der Waals surface area contributed by atoms with Crippen molar-refractivity contribution >= 4 is 54.6 Å². The Bertz CT molecular complexity index is 1100. The van der Waals surface area contributed by atoms with Crippen molar-refractivity contribution < 1.29 is 25.9 Å². The Morgan fingerprint density at radius 3 is 2.03 bits per heavy atom. The smallest absolute Gasteiger partial charge is 0.261 e. The first-order valence-corrected chi connectivity index (χ1v) is 15.6. The Labute approximate surface area is 214 Å². The minimum absolute atomic E-state index is 0.506. The minimum Gasteiger partial charge on any atom is -0.304 e. The van der Waals surface area contributed by atoms with Crippen molar-refractivity contribution in [2.45, 2.75) is 22.3 Å². The van der Waals surface area contributed by atoms with Gasteiger partial charge in [0.25, 0.3) is 20.2 Å². The van der Waals surface area contributed by atoms with E-state index >= 15 is 0 Å². The molecule has 4 rings (SSSR count). The Morgan fingerprint density at radius 1 is 0.909 bits per heavy atom. The maximum atomic E-state index is 9.19. The van der Waals surface area contributed by atoms with Crippen LogP contribution in [0.4, 0.5) is 0 Å². The quantitative estimate of drug-likeness (QED) is 0.363. The van der Waals surface area contributed by atoms with Crippen LogP contribution >= 0.6 is 34.4 Å². The maximum Gasteiger partial charge on any atom is 0.261 e. The first-order valence-electron chi connectivity index (χ1n) is 10.0. The summed E-state index contributed by atoms with van der Waals surface area (Å²) >= 11 is 4.37. The molecule has 12 heteroatoms. The summed E-state index contributed by atoms with van der Waals surface area (Å²) in [6.45, 7) is 4.68. The van der Waals surface area contributed by atoms with E-state index in [0.29, 0.717) is 18.6 Å². The van der Waals surface area contributed by atoms with Gasteiger partial charge in [0, 0.05) is 45.6 Å². The molecule has 8 nitrogen and oxygen atoms in total. The molecule has 2 heterocycles. The molecule has 2 aromatic rings. The Balaban J connectivity index is 0.000000327. The van der Waals surface area contributed by atoms with Gasteiger partial charge in [-0.15, -0.1) is 0 Å². The summed E-state index contributed by atoms with van der Waals surface area (Å²) in [5.74, 6) is 0. The van der Waals surface area contributed by atoms with E-state index in [1.807, 2.05) is 11.8 Å². The predicted molar refractivity (Wildman–Crippen MR) is 140 cm³/mol. The van der Waals surface area contributed by atoms with Crippen molar-refractivity contribution in [2.24, 2.45) is 0 Å². The number of hydrogen-bond donors (Lipinski definition) is 2. The second-order valence-corrected chi connectivity index (χ2v) is 13.2. The van der Waals surface area contributed by atoms with E-state index in [1.165, 1.54) is 50.7 Å². The van der Waals surface area contributed by atoms with Gasteiger partial charge in [0.2, 0.25) is 0 Å². The molecule has 184 valence electrons. The van der Waals surface area contributed by atoms with Gasteiger partial charge in [0.15, 0.2) is 0 Å². The fourth-order valence-electron chi connectivity index (χ4n) is 3.55. The molecular weight excluding hydrogens is 599 g/mol. The molecule has 1 atom stereocenters. The van der Waals surface area contributed by atoms with Gasteiger partial charge in [-0.05, 0) is 71.5 Å². The number of likely N-dealkylation sites (N-methyl/N-ethyl adjacent to an activating group) is 1. The van der Waals surface area contributed by atoms with E-state index in [4.69, 9.17) is 9.11 Å². The van der Waals surface area contributed by atoms with Crippen LogP contribution in [0.2, 0.25) is 0 Å². The highest BCUT2D eigenvalue weighted by Crippen LogP contribution is 2.43. The third kappa shape index (κ3) is 11.0. The number of fused-ring (bicyclic) bond motifs is 2. The molecule has 0 bridgehead atoms. The van der Waals surface area contributed by atoms with Gasteiger partial charge in [-0.25, -0.2) is 0 Å². The van der Waals surface area contributed by atoms with Gasteiger partial charge >= 0.3 is 0 Å². The van der Waals surface area contributed by atoms with E-state index in [0.717, 1.165) is 6.42 Å². The molecule has 33 heavy (non-hydrogen) atoms. The van der Waals surface area contributed by atoms with E-state index in [1.54, 1.807) is 0 Å². The molecule has 2 aromatic carbocycles. The molecule has 2 aliphatic heterocycles. The summed E-state index contributed by atoms with van der Waals surface area (Å²) < 4.78 is 53.1. The zero-order chi connectivity index (χ0) is 24.8. The number of halogens is 1. The van der Waals surface area contributed by atoms with Gasteiger partial charge in [-0.2, -0.15) is 16.8 Å². The lowest BCUT2D eigenvalue weighted by Gasteiger charge is -2.38. The van der Waals surface area contributed by atoms with E-state index < -0.39 is 20.2 Å². The number of rotatable bonds is 1. The molecule has 0 amide bonds. The molecule has 1 fully saturated rings. The number of benzene rings is 2. The van der Waals surface area contributed by atoms with Crippen LogP contribution in [-0.2, 0) is 26.7 Å². The summed E-state index contributed by atoms with van der Waals surface area (Å²) in [6, 6.07) is 16.4. The zero-order valence-electron chi connectivity index (χ0n) is 18.7. The van der Waals surface area contributed by atoms with Gasteiger partial charge in [-0.3, -0.25) is 14.0 Å². The van der Waals surface area contributed by atoms with Crippen LogP contribution in [0.3, 0.4) is 0 Å². The van der Waals surface area contributed by atoms with E-state index in [9.17, 15) is 16.8 Å². The third-order valence-corrected chi connectivity index (χ3v) is 6.79. The second-order valence-electron chi connectivity index (χ2n) is 7.92. The molecular formula is C21H29IN2O6S3. The molecule has 0 spiro atoms. The van der Waals surface area contributed by atoms with Crippen LogP contribution in [-0.4, -0.2) is 81.5 Å². The van der Waals surface area contributed by atoms with Crippen LogP contribution in [0.5, 0.6) is 0 Å². The monoisotopic (exact) mass is 628 g/mol. The van der Waals surface area contributed by atoms with Crippen LogP contribution in [0.1, 0.15) is 17.2 Å². The standard InChI is InChI=1S/C19H21IN2S.2CH4O3S/c1-21-8-10-22(11-9-21)17-13-14-12-15(20)6-7-18(14)23-19-5-3-2-4-16(17)19;2*1-5(2,3)4/h2-7,12,17H,8-11,13H2,1H3;2*1H3,(H,2,3,4). The largest absolute Gasteiger partial charge is 0.304 e. The summed E-state index contributed by atoms with van der Waals surface area (Å²) in [4.78, 5) is 7.98. The normalized spacial score (nSPS) is 19.0. The van der Waals surface area contributed by atoms with Gasteiger partial charge in [-0.1, -0.05) is 30.0 Å². The molecule has 0 aliphatic carbocycles. The molecule has 2 N–H and O–H groups in total. The Kier molecular flexibility index (Phi) is 10.6. The first-order chi connectivity index (χ1) is 15.2. The molecule has 0 radical (unpaired) electrons. The van der Waals surface area contributed by atoms with Crippen LogP contribution in [0, 0.1) is 3.57 Å². The maximum absolute atomic E-state index is 9.19. The van der Waals surface area contributed by atoms with Crippen molar-refractivity contribution in [1.29, 1.82) is 0 Å². The molecule has 0 aromatic heterocycles. The minimum atomic E-state index is -3.67. The average molecular weight is 629 g/mol. The highest BCUT2D eigenvalue weighted by atomic mass is 127. The average Bonchev–Trinajstić information content (AvgIpc) is 2.82. The van der Waals surface area contributed by atoms with Crippen molar-refractivity contribution in [3.05, 3.63) is 57.2 Å². The van der Waals surface area contributed by atoms with Crippen molar-refractivity contribution in [3.63, 3.8) is 0 Å². The number of hydrogen-bond acceptors (Lipinski definition) is 7. The lowest BCUT2D eigenvalue weighted by Crippen LogP contribution is -2.46. The second kappa shape index (κ2) is 12.3. The summed E-state index contributed by atoms with van der Waals surface area (Å²) in [5, 5.41) is 0. The molecule has 1 unspecified atom stereocenters. The van der Waals surface area contributed by atoms with Crippen LogP contribution < -0.4 is 0 Å². The van der Waals surface area contributed by atoms with Crippen molar-refractivity contribution in [2.75, 3.05) is 45.7 Å². The lowest BCUT2D eigenvalue weighted by molar-refractivity contribution is 0.110.